The Morgan fingerprint density at radius 3 is 2.79 bits per heavy atom. The van der Waals surface area contributed by atoms with Crippen LogP contribution in [0.25, 0.3) is 0 Å². The molecule has 1 heterocycles. The molecule has 0 bridgehead atoms. The van der Waals surface area contributed by atoms with Gasteiger partial charge < -0.3 is 10.1 Å². The van der Waals surface area contributed by atoms with E-state index < -0.39 is 22.0 Å². The van der Waals surface area contributed by atoms with Crippen LogP contribution in [0.3, 0.4) is 0 Å². The molecular weight excluding hydrogens is 328 g/mol. The molecule has 1 amide bonds. The second-order valence-electron chi connectivity index (χ2n) is 5.70. The molecule has 1 fully saturated rings. The van der Waals surface area contributed by atoms with Gasteiger partial charge in [-0.1, -0.05) is 24.1 Å². The molecule has 24 heavy (non-hydrogen) atoms. The van der Waals surface area contributed by atoms with E-state index in [1.54, 1.807) is 30.3 Å². The maximum Gasteiger partial charge on any atom is 0.243 e. The first-order chi connectivity index (χ1) is 11.5. The van der Waals surface area contributed by atoms with Crippen LogP contribution in [0.1, 0.15) is 12.8 Å². The molecule has 6 nitrogen and oxygen atoms in total. The molecule has 0 spiro atoms. The highest BCUT2D eigenvalue weighted by molar-refractivity contribution is 7.89. The smallest absolute Gasteiger partial charge is 0.243 e. The van der Waals surface area contributed by atoms with Crippen molar-refractivity contribution < 1.29 is 17.9 Å². The minimum atomic E-state index is -3.58. The summed E-state index contributed by atoms with van der Waals surface area (Å²) in [5.41, 5.74) is 0. The lowest BCUT2D eigenvalue weighted by Gasteiger charge is -2.31. The van der Waals surface area contributed by atoms with Crippen LogP contribution in [0.4, 0.5) is 0 Å². The second-order valence-corrected chi connectivity index (χ2v) is 7.64. The van der Waals surface area contributed by atoms with Crippen molar-refractivity contribution in [1.82, 2.24) is 9.62 Å². The summed E-state index contributed by atoms with van der Waals surface area (Å²) < 4.78 is 31.7. The van der Waals surface area contributed by atoms with Gasteiger partial charge in [0.05, 0.1) is 17.4 Å². The molecule has 1 aliphatic heterocycles. The molecule has 0 aliphatic carbocycles. The second kappa shape index (κ2) is 8.29. The van der Waals surface area contributed by atoms with Crippen molar-refractivity contribution in [2.75, 3.05) is 26.8 Å². The van der Waals surface area contributed by atoms with Gasteiger partial charge >= 0.3 is 0 Å². The summed E-state index contributed by atoms with van der Waals surface area (Å²) >= 11 is 0. The lowest BCUT2D eigenvalue weighted by atomic mass is 9.98. The minimum Gasteiger partial charge on any atom is -0.382 e. The number of terminal acetylenes is 1. The summed E-state index contributed by atoms with van der Waals surface area (Å²) in [4.78, 5) is 12.6. The molecule has 2 rings (SSSR count). The molecular formula is C17H22N2O4S. The lowest BCUT2D eigenvalue weighted by molar-refractivity contribution is -0.126. The zero-order valence-corrected chi connectivity index (χ0v) is 14.5. The monoisotopic (exact) mass is 350 g/mol. The topological polar surface area (TPSA) is 75.7 Å². The van der Waals surface area contributed by atoms with Gasteiger partial charge in [-0.2, -0.15) is 4.31 Å². The quantitative estimate of drug-likeness (QED) is 0.772. The maximum atomic E-state index is 12.7. The third-order valence-electron chi connectivity index (χ3n) is 3.99. The fraction of sp³-hybridized carbons (Fsp3) is 0.471. The highest BCUT2D eigenvalue weighted by Crippen LogP contribution is 2.23. The average Bonchev–Trinajstić information content (AvgIpc) is 2.62. The van der Waals surface area contributed by atoms with Gasteiger partial charge in [0.15, 0.2) is 0 Å². The maximum absolute atomic E-state index is 12.7. The number of hydrogen-bond donors (Lipinski definition) is 1. The number of rotatable bonds is 6. The van der Waals surface area contributed by atoms with E-state index in [4.69, 9.17) is 11.2 Å². The number of sulfonamides is 1. The van der Waals surface area contributed by atoms with Crippen LogP contribution in [0, 0.1) is 18.3 Å². The first-order valence-corrected chi connectivity index (χ1v) is 9.23. The summed E-state index contributed by atoms with van der Waals surface area (Å²) in [5, 5.41) is 2.73. The van der Waals surface area contributed by atoms with Gasteiger partial charge in [0, 0.05) is 20.2 Å². The summed E-state index contributed by atoms with van der Waals surface area (Å²) in [6, 6.07) is 7.75. The lowest BCUT2D eigenvalue weighted by Crippen LogP contribution is -2.48. The molecule has 1 aliphatic rings. The Balaban J connectivity index is 2.06. The first-order valence-electron chi connectivity index (χ1n) is 7.79. The number of nitrogens with one attached hydrogen (secondary N) is 1. The molecule has 0 radical (unpaired) electrons. The first kappa shape index (κ1) is 18.5. The standard InChI is InChI=1S/C17H22N2O4S/c1-3-15(13-23-2)18-17(20)14-8-7-11-19(12-14)24(21,22)16-9-5-4-6-10-16/h1,4-6,9-10,14-15H,7-8,11-13H2,2H3,(H,18,20)/t14-,15-/m1/s1. The van der Waals surface area contributed by atoms with Gasteiger partial charge in [0.1, 0.15) is 6.04 Å². The highest BCUT2D eigenvalue weighted by Gasteiger charge is 2.33. The Labute approximate surface area is 143 Å². The average molecular weight is 350 g/mol. The predicted molar refractivity (Wildman–Crippen MR) is 90.6 cm³/mol. The molecule has 0 unspecified atom stereocenters. The van der Waals surface area contributed by atoms with Crippen molar-refractivity contribution in [2.45, 2.75) is 23.8 Å². The van der Waals surface area contributed by atoms with Crippen LogP contribution in [-0.2, 0) is 19.6 Å². The summed E-state index contributed by atoms with van der Waals surface area (Å²) in [6.45, 7) is 0.798. The zero-order valence-electron chi connectivity index (χ0n) is 13.6. The van der Waals surface area contributed by atoms with Crippen molar-refractivity contribution >= 4 is 15.9 Å². The van der Waals surface area contributed by atoms with Crippen molar-refractivity contribution in [3.63, 3.8) is 0 Å². The van der Waals surface area contributed by atoms with Crippen molar-refractivity contribution in [2.24, 2.45) is 5.92 Å². The molecule has 1 N–H and O–H groups in total. The van der Waals surface area contributed by atoms with Gasteiger partial charge in [-0.25, -0.2) is 8.42 Å². The van der Waals surface area contributed by atoms with Gasteiger partial charge in [-0.3, -0.25) is 4.79 Å². The van der Waals surface area contributed by atoms with Crippen molar-refractivity contribution in [3.05, 3.63) is 30.3 Å². The molecule has 1 aromatic carbocycles. The van der Waals surface area contributed by atoms with E-state index in [2.05, 4.69) is 11.2 Å². The predicted octanol–water partition coefficient (Wildman–Crippen LogP) is 0.852. The van der Waals surface area contributed by atoms with E-state index in [0.29, 0.717) is 19.4 Å². The van der Waals surface area contributed by atoms with Gasteiger partial charge in [0.2, 0.25) is 15.9 Å². The molecule has 2 atom stereocenters. The van der Waals surface area contributed by atoms with Gasteiger partial charge in [0.25, 0.3) is 0 Å². The van der Waals surface area contributed by atoms with E-state index in [9.17, 15) is 13.2 Å². The largest absolute Gasteiger partial charge is 0.382 e. The van der Waals surface area contributed by atoms with Crippen LogP contribution in [0.15, 0.2) is 35.2 Å². The molecule has 0 aromatic heterocycles. The third-order valence-corrected chi connectivity index (χ3v) is 5.87. The highest BCUT2D eigenvalue weighted by atomic mass is 32.2. The number of piperidine rings is 1. The van der Waals surface area contributed by atoms with Crippen LogP contribution < -0.4 is 5.32 Å². The Morgan fingerprint density at radius 2 is 2.17 bits per heavy atom. The normalized spacial score (nSPS) is 20.1. The van der Waals surface area contributed by atoms with E-state index in [1.165, 1.54) is 11.4 Å². The van der Waals surface area contributed by atoms with Crippen LogP contribution in [0.2, 0.25) is 0 Å². The SMILES string of the molecule is C#C[C@H](COC)NC(=O)[C@@H]1CCCN(S(=O)(=O)c2ccccc2)C1. The number of methoxy groups -OCH3 is 1. The third kappa shape index (κ3) is 4.35. The van der Waals surface area contributed by atoms with E-state index in [0.717, 1.165) is 0 Å². The Kier molecular flexibility index (Phi) is 6.37. The van der Waals surface area contributed by atoms with Gasteiger partial charge in [-0.15, -0.1) is 6.42 Å². The zero-order chi connectivity index (χ0) is 17.6. The summed E-state index contributed by atoms with van der Waals surface area (Å²) in [7, 11) is -2.08. The molecule has 1 aromatic rings. The molecule has 0 saturated carbocycles. The van der Waals surface area contributed by atoms with E-state index in [-0.39, 0.29) is 24.0 Å². The number of carbonyl (C=O) groups is 1. The number of amides is 1. The summed E-state index contributed by atoms with van der Waals surface area (Å²) in [5.74, 6) is 1.81. The van der Waals surface area contributed by atoms with Crippen molar-refractivity contribution in [3.8, 4) is 12.3 Å². The summed E-state index contributed by atoms with van der Waals surface area (Å²) in [6.07, 6.45) is 6.63. The number of nitrogens with zero attached hydrogens (tertiary/aromatic N) is 1. The molecule has 1 saturated heterocycles. The number of carbonyl (C=O) groups excluding carboxylic acids is 1. The van der Waals surface area contributed by atoms with E-state index >= 15 is 0 Å². The number of benzene rings is 1. The Bertz CT molecular complexity index is 697. The van der Waals surface area contributed by atoms with Crippen LogP contribution in [-0.4, -0.2) is 51.5 Å². The Hall–Kier alpha value is -1.88. The molecule has 7 heteroatoms. The minimum absolute atomic E-state index is 0.160. The van der Waals surface area contributed by atoms with Crippen LogP contribution >= 0.6 is 0 Å². The van der Waals surface area contributed by atoms with Gasteiger partial charge in [-0.05, 0) is 25.0 Å². The number of ether oxygens (including phenoxy) is 1. The number of hydrogen-bond acceptors (Lipinski definition) is 4. The molecule has 130 valence electrons. The fourth-order valence-corrected chi connectivity index (χ4v) is 4.25. The van der Waals surface area contributed by atoms with Crippen molar-refractivity contribution in [1.29, 1.82) is 0 Å². The van der Waals surface area contributed by atoms with Crippen LogP contribution in [0.5, 0.6) is 0 Å². The fourth-order valence-electron chi connectivity index (χ4n) is 2.70. The Morgan fingerprint density at radius 1 is 1.46 bits per heavy atom. The van der Waals surface area contributed by atoms with E-state index in [1.807, 2.05) is 0 Å².